The van der Waals surface area contributed by atoms with Crippen LogP contribution in [0, 0.1) is 5.92 Å². The van der Waals surface area contributed by atoms with Crippen LogP contribution in [0.25, 0.3) is 0 Å². The normalized spacial score (nSPS) is 25.0. The van der Waals surface area contributed by atoms with Crippen molar-refractivity contribution in [1.82, 2.24) is 14.7 Å². The molecule has 0 atom stereocenters. The fourth-order valence-corrected chi connectivity index (χ4v) is 5.44. The summed E-state index contributed by atoms with van der Waals surface area (Å²) in [5.41, 5.74) is 1.54. The van der Waals surface area contributed by atoms with Crippen molar-refractivity contribution in [2.45, 2.75) is 44.7 Å². The lowest BCUT2D eigenvalue weighted by Crippen LogP contribution is -2.50. The third-order valence-corrected chi connectivity index (χ3v) is 7.22. The third-order valence-electron chi connectivity index (χ3n) is 6.20. The first kappa shape index (κ1) is 16.6. The summed E-state index contributed by atoms with van der Waals surface area (Å²) in [6.07, 6.45) is 5.60. The Morgan fingerprint density at radius 2 is 1.83 bits per heavy atom. The predicted octanol–water partition coefficient (Wildman–Crippen LogP) is 2.44. The van der Waals surface area contributed by atoms with Crippen LogP contribution in [0.3, 0.4) is 0 Å². The summed E-state index contributed by atoms with van der Waals surface area (Å²) >= 11 is 1.91. The number of rotatable bonds is 2. The molecule has 0 aromatic carbocycles. The summed E-state index contributed by atoms with van der Waals surface area (Å²) < 4.78 is 0. The minimum atomic E-state index is 0.279. The zero-order valence-electron chi connectivity index (χ0n) is 14.7. The van der Waals surface area contributed by atoms with Crippen LogP contribution in [0.5, 0.6) is 0 Å². The highest BCUT2D eigenvalue weighted by atomic mass is 32.1. The van der Waals surface area contributed by atoms with Gasteiger partial charge >= 0.3 is 0 Å². The Balaban J connectivity index is 1.28. The van der Waals surface area contributed by atoms with E-state index in [1.807, 2.05) is 11.3 Å². The number of carbonyl (C=O) groups is 1. The second kappa shape index (κ2) is 7.14. The Bertz CT molecular complexity index is 571. The fraction of sp³-hybridized carbons (Fsp3) is 0.737. The van der Waals surface area contributed by atoms with Crippen LogP contribution in [-0.4, -0.2) is 66.4 Å². The van der Waals surface area contributed by atoms with Crippen molar-refractivity contribution < 1.29 is 4.79 Å². The van der Waals surface area contributed by atoms with E-state index < -0.39 is 0 Å². The maximum atomic E-state index is 12.8. The average Bonchev–Trinajstić information content (AvgIpc) is 3.09. The number of thiophene rings is 1. The minimum absolute atomic E-state index is 0.279. The van der Waals surface area contributed by atoms with Crippen LogP contribution < -0.4 is 0 Å². The molecule has 3 aliphatic heterocycles. The van der Waals surface area contributed by atoms with Gasteiger partial charge in [0.2, 0.25) is 5.91 Å². The van der Waals surface area contributed by atoms with E-state index in [1.54, 1.807) is 4.88 Å². The van der Waals surface area contributed by atoms with Crippen molar-refractivity contribution in [1.29, 1.82) is 0 Å². The minimum Gasteiger partial charge on any atom is -0.342 e. The lowest BCUT2D eigenvalue weighted by Gasteiger charge is -2.41. The van der Waals surface area contributed by atoms with Crippen LogP contribution in [-0.2, 0) is 17.8 Å². The van der Waals surface area contributed by atoms with Crippen molar-refractivity contribution in [3.8, 4) is 0 Å². The number of likely N-dealkylation sites (tertiary alicyclic amines) is 2. The van der Waals surface area contributed by atoms with Gasteiger partial charge in [0.15, 0.2) is 0 Å². The van der Waals surface area contributed by atoms with Gasteiger partial charge in [0.05, 0.1) is 0 Å². The highest BCUT2D eigenvalue weighted by Gasteiger charge is 2.32. The van der Waals surface area contributed by atoms with E-state index in [-0.39, 0.29) is 5.92 Å². The van der Waals surface area contributed by atoms with Crippen LogP contribution >= 0.6 is 11.3 Å². The molecule has 4 nitrogen and oxygen atoms in total. The SMILES string of the molecule is CN1CCC(C(=O)N2CCC(N3CCc4sccc4C3)CC2)CC1. The lowest BCUT2D eigenvalue weighted by molar-refractivity contribution is -0.138. The number of carbonyl (C=O) groups excluding carboxylic acids is 1. The Morgan fingerprint density at radius 3 is 2.58 bits per heavy atom. The van der Waals surface area contributed by atoms with Crippen LogP contribution in [0.2, 0.25) is 0 Å². The Labute approximate surface area is 149 Å². The molecule has 0 unspecified atom stereocenters. The number of hydrogen-bond acceptors (Lipinski definition) is 4. The van der Waals surface area contributed by atoms with Gasteiger partial charge in [-0.1, -0.05) is 0 Å². The molecule has 24 heavy (non-hydrogen) atoms. The van der Waals surface area contributed by atoms with Gasteiger partial charge in [-0.15, -0.1) is 11.3 Å². The molecule has 3 aliphatic rings. The smallest absolute Gasteiger partial charge is 0.225 e. The summed E-state index contributed by atoms with van der Waals surface area (Å²) in [5.74, 6) is 0.710. The maximum absolute atomic E-state index is 12.8. The third kappa shape index (κ3) is 3.39. The number of fused-ring (bicyclic) bond motifs is 1. The first-order valence-electron chi connectivity index (χ1n) is 9.47. The Hall–Kier alpha value is -0.910. The van der Waals surface area contributed by atoms with Gasteiger partial charge in [0, 0.05) is 43.0 Å². The zero-order chi connectivity index (χ0) is 16.5. The number of nitrogens with zero attached hydrogens (tertiary/aromatic N) is 3. The van der Waals surface area contributed by atoms with Crippen LogP contribution in [0.15, 0.2) is 11.4 Å². The Kier molecular flexibility index (Phi) is 4.93. The zero-order valence-corrected chi connectivity index (χ0v) is 15.6. The first-order chi connectivity index (χ1) is 11.7. The standard InChI is InChI=1S/C19H29N3OS/c1-20-8-2-15(3-9-20)19(23)21-10-4-17(5-11-21)22-12-6-18-16(14-22)7-13-24-18/h7,13,15,17H,2-6,8-12,14H2,1H3. The summed E-state index contributed by atoms with van der Waals surface area (Å²) in [6, 6.07) is 2.96. The molecule has 0 radical (unpaired) electrons. The molecule has 1 amide bonds. The summed E-state index contributed by atoms with van der Waals surface area (Å²) in [7, 11) is 2.16. The molecular weight excluding hydrogens is 318 g/mol. The molecule has 4 rings (SSSR count). The van der Waals surface area contributed by atoms with Crippen LogP contribution in [0.1, 0.15) is 36.1 Å². The molecule has 0 saturated carbocycles. The molecule has 5 heteroatoms. The van der Waals surface area contributed by atoms with E-state index in [0.29, 0.717) is 11.9 Å². The summed E-state index contributed by atoms with van der Waals surface area (Å²) in [5, 5.41) is 2.23. The van der Waals surface area contributed by atoms with E-state index in [2.05, 4.69) is 33.2 Å². The van der Waals surface area contributed by atoms with Gasteiger partial charge in [-0.05, 0) is 69.3 Å². The molecule has 0 N–H and O–H groups in total. The van der Waals surface area contributed by atoms with E-state index in [0.717, 1.165) is 58.4 Å². The van der Waals surface area contributed by atoms with E-state index in [9.17, 15) is 4.79 Å². The molecule has 2 saturated heterocycles. The van der Waals surface area contributed by atoms with Gasteiger partial charge < -0.3 is 9.80 Å². The summed E-state index contributed by atoms with van der Waals surface area (Å²) in [6.45, 7) is 6.38. The maximum Gasteiger partial charge on any atom is 0.225 e. The van der Waals surface area contributed by atoms with Crippen molar-refractivity contribution in [3.63, 3.8) is 0 Å². The number of amides is 1. The molecule has 1 aromatic rings. The topological polar surface area (TPSA) is 26.8 Å². The molecular formula is C19H29N3OS. The molecule has 0 spiro atoms. The predicted molar refractivity (Wildman–Crippen MR) is 98.3 cm³/mol. The molecule has 2 fully saturated rings. The number of hydrogen-bond donors (Lipinski definition) is 0. The van der Waals surface area contributed by atoms with Gasteiger partial charge in [0.25, 0.3) is 0 Å². The molecule has 1 aromatic heterocycles. The van der Waals surface area contributed by atoms with Crippen LogP contribution in [0.4, 0.5) is 0 Å². The van der Waals surface area contributed by atoms with Crippen molar-refractivity contribution in [2.24, 2.45) is 5.92 Å². The summed E-state index contributed by atoms with van der Waals surface area (Å²) in [4.78, 5) is 21.5. The van der Waals surface area contributed by atoms with E-state index >= 15 is 0 Å². The van der Waals surface area contributed by atoms with Crippen molar-refractivity contribution in [3.05, 3.63) is 21.9 Å². The van der Waals surface area contributed by atoms with Gasteiger partial charge in [-0.25, -0.2) is 0 Å². The van der Waals surface area contributed by atoms with E-state index in [1.165, 1.54) is 18.5 Å². The van der Waals surface area contributed by atoms with Gasteiger partial charge in [-0.3, -0.25) is 9.69 Å². The van der Waals surface area contributed by atoms with Crippen molar-refractivity contribution >= 4 is 17.2 Å². The van der Waals surface area contributed by atoms with E-state index in [4.69, 9.17) is 0 Å². The van der Waals surface area contributed by atoms with Crippen molar-refractivity contribution in [2.75, 3.05) is 39.8 Å². The molecule has 132 valence electrons. The van der Waals surface area contributed by atoms with Gasteiger partial charge in [0.1, 0.15) is 0 Å². The highest BCUT2D eigenvalue weighted by molar-refractivity contribution is 7.10. The second-order valence-corrected chi connectivity index (χ2v) is 8.72. The molecule has 4 heterocycles. The Morgan fingerprint density at radius 1 is 1.08 bits per heavy atom. The molecule has 0 aliphatic carbocycles. The fourth-order valence-electron chi connectivity index (χ4n) is 4.55. The average molecular weight is 348 g/mol. The largest absolute Gasteiger partial charge is 0.342 e. The quantitative estimate of drug-likeness (QED) is 0.822. The van der Waals surface area contributed by atoms with Gasteiger partial charge in [-0.2, -0.15) is 0 Å². The monoisotopic (exact) mass is 347 g/mol. The second-order valence-electron chi connectivity index (χ2n) is 7.72. The molecule has 0 bridgehead atoms. The lowest BCUT2D eigenvalue weighted by atomic mass is 9.93. The number of piperidine rings is 2. The highest BCUT2D eigenvalue weighted by Crippen LogP contribution is 2.29. The first-order valence-corrected chi connectivity index (χ1v) is 10.4.